The molecular weight excluding hydrogens is 358 g/mol. The van der Waals surface area contributed by atoms with Crippen molar-refractivity contribution in [2.24, 2.45) is 11.7 Å². The maximum Gasteiger partial charge on any atom is 0.248 e. The lowest BCUT2D eigenvalue weighted by molar-refractivity contribution is -0.116. The number of hydrogen-bond donors (Lipinski definition) is 2. The van der Waals surface area contributed by atoms with Gasteiger partial charge in [0.2, 0.25) is 11.8 Å². The molecule has 2 amide bonds. The molecule has 1 heterocycles. The van der Waals surface area contributed by atoms with E-state index in [-0.39, 0.29) is 5.91 Å². The van der Waals surface area contributed by atoms with E-state index in [1.54, 1.807) is 18.2 Å². The molecule has 0 saturated carbocycles. The molecule has 3 aromatic rings. The Morgan fingerprint density at radius 3 is 2.52 bits per heavy atom. The van der Waals surface area contributed by atoms with Crippen molar-refractivity contribution < 1.29 is 9.59 Å². The van der Waals surface area contributed by atoms with Crippen LogP contribution >= 0.6 is 11.3 Å². The molecule has 3 rings (SSSR count). The van der Waals surface area contributed by atoms with Crippen LogP contribution in [0.25, 0.3) is 21.8 Å². The fourth-order valence-electron chi connectivity index (χ4n) is 2.65. The van der Waals surface area contributed by atoms with Crippen LogP contribution in [0.15, 0.2) is 53.9 Å². The number of nitrogens with one attached hydrogen (secondary N) is 1. The van der Waals surface area contributed by atoms with E-state index < -0.39 is 5.91 Å². The van der Waals surface area contributed by atoms with Crippen molar-refractivity contribution in [3.05, 3.63) is 59.5 Å². The molecule has 6 heteroatoms. The number of primary amides is 1. The smallest absolute Gasteiger partial charge is 0.248 e. The standard InChI is InChI=1S/C21H21N3O2S/c1-13(2)10-19(25)23-17-8-6-14(7-9-17)18-12-27-21(24-18)16-5-3-4-15(11-16)20(22)26/h3-9,11-13H,10H2,1-2H3,(H2,22,26)(H,23,25). The summed E-state index contributed by atoms with van der Waals surface area (Å²) >= 11 is 1.51. The van der Waals surface area contributed by atoms with Gasteiger partial charge in [-0.1, -0.05) is 38.1 Å². The van der Waals surface area contributed by atoms with Crippen molar-refractivity contribution in [2.75, 3.05) is 5.32 Å². The van der Waals surface area contributed by atoms with Gasteiger partial charge in [-0.05, 0) is 30.2 Å². The van der Waals surface area contributed by atoms with Gasteiger partial charge in [-0.15, -0.1) is 11.3 Å². The number of nitrogens with two attached hydrogens (primary N) is 1. The number of aromatic nitrogens is 1. The molecule has 138 valence electrons. The highest BCUT2D eigenvalue weighted by atomic mass is 32.1. The Hall–Kier alpha value is -2.99. The van der Waals surface area contributed by atoms with Crippen molar-refractivity contribution in [3.63, 3.8) is 0 Å². The van der Waals surface area contributed by atoms with Gasteiger partial charge in [0, 0.05) is 34.2 Å². The van der Waals surface area contributed by atoms with Crippen LogP contribution < -0.4 is 11.1 Å². The van der Waals surface area contributed by atoms with Crippen molar-refractivity contribution in [3.8, 4) is 21.8 Å². The zero-order chi connectivity index (χ0) is 19.4. The molecule has 0 unspecified atom stereocenters. The first-order chi connectivity index (χ1) is 12.9. The highest BCUT2D eigenvalue weighted by Gasteiger charge is 2.10. The molecule has 0 spiro atoms. The predicted octanol–water partition coefficient (Wildman–Crippen LogP) is 4.56. The molecule has 0 aliphatic carbocycles. The zero-order valence-electron chi connectivity index (χ0n) is 15.2. The summed E-state index contributed by atoms with van der Waals surface area (Å²) in [5.74, 6) is -0.113. The van der Waals surface area contributed by atoms with Gasteiger partial charge in [-0.25, -0.2) is 4.98 Å². The Morgan fingerprint density at radius 1 is 1.11 bits per heavy atom. The maximum absolute atomic E-state index is 11.9. The molecule has 0 atom stereocenters. The van der Waals surface area contributed by atoms with Gasteiger partial charge in [-0.2, -0.15) is 0 Å². The number of thiazole rings is 1. The van der Waals surface area contributed by atoms with Gasteiger partial charge in [0.25, 0.3) is 0 Å². The Balaban J connectivity index is 1.76. The summed E-state index contributed by atoms with van der Waals surface area (Å²) in [6, 6.07) is 14.8. The van der Waals surface area contributed by atoms with Crippen LogP contribution in [-0.2, 0) is 4.79 Å². The fourth-order valence-corrected chi connectivity index (χ4v) is 3.48. The molecule has 5 nitrogen and oxygen atoms in total. The van der Waals surface area contributed by atoms with Crippen LogP contribution in [0.3, 0.4) is 0 Å². The maximum atomic E-state index is 11.9. The van der Waals surface area contributed by atoms with Gasteiger partial charge >= 0.3 is 0 Å². The largest absolute Gasteiger partial charge is 0.366 e. The van der Waals surface area contributed by atoms with Crippen molar-refractivity contribution in [1.29, 1.82) is 0 Å². The molecular formula is C21H21N3O2S. The van der Waals surface area contributed by atoms with Gasteiger partial charge in [0.05, 0.1) is 5.69 Å². The number of rotatable bonds is 6. The van der Waals surface area contributed by atoms with Crippen LogP contribution in [-0.4, -0.2) is 16.8 Å². The molecule has 0 radical (unpaired) electrons. The van der Waals surface area contributed by atoms with E-state index in [9.17, 15) is 9.59 Å². The molecule has 1 aromatic heterocycles. The summed E-state index contributed by atoms with van der Waals surface area (Å²) < 4.78 is 0. The summed E-state index contributed by atoms with van der Waals surface area (Å²) in [6.07, 6.45) is 0.502. The lowest BCUT2D eigenvalue weighted by atomic mass is 10.1. The number of amides is 2. The van der Waals surface area contributed by atoms with E-state index in [2.05, 4.69) is 10.3 Å². The third-order valence-electron chi connectivity index (χ3n) is 3.96. The predicted molar refractivity (Wildman–Crippen MR) is 110 cm³/mol. The number of carbonyl (C=O) groups is 2. The third kappa shape index (κ3) is 4.80. The Morgan fingerprint density at radius 2 is 1.85 bits per heavy atom. The van der Waals surface area contributed by atoms with E-state index in [0.717, 1.165) is 27.5 Å². The number of hydrogen-bond acceptors (Lipinski definition) is 4. The van der Waals surface area contributed by atoms with Crippen LogP contribution in [0.5, 0.6) is 0 Å². The summed E-state index contributed by atoms with van der Waals surface area (Å²) in [5, 5.41) is 5.69. The second kappa shape index (κ2) is 8.14. The van der Waals surface area contributed by atoms with Crippen LogP contribution in [0.2, 0.25) is 0 Å². The number of benzene rings is 2. The van der Waals surface area contributed by atoms with Crippen LogP contribution in [0.1, 0.15) is 30.6 Å². The molecule has 27 heavy (non-hydrogen) atoms. The van der Waals surface area contributed by atoms with Gasteiger partial charge in [0.1, 0.15) is 5.01 Å². The molecule has 0 fully saturated rings. The molecule has 3 N–H and O–H groups in total. The van der Waals surface area contributed by atoms with E-state index >= 15 is 0 Å². The summed E-state index contributed by atoms with van der Waals surface area (Å²) in [5.41, 5.74) is 9.25. The Kier molecular flexibility index (Phi) is 5.66. The minimum atomic E-state index is -0.455. The molecule has 0 saturated heterocycles. The fraction of sp³-hybridized carbons (Fsp3) is 0.190. The Labute approximate surface area is 162 Å². The van der Waals surface area contributed by atoms with Gasteiger partial charge in [-0.3, -0.25) is 9.59 Å². The highest BCUT2D eigenvalue weighted by molar-refractivity contribution is 7.13. The quantitative estimate of drug-likeness (QED) is 0.658. The van der Waals surface area contributed by atoms with Crippen molar-refractivity contribution in [2.45, 2.75) is 20.3 Å². The van der Waals surface area contributed by atoms with Gasteiger partial charge < -0.3 is 11.1 Å². The first-order valence-corrected chi connectivity index (χ1v) is 9.56. The third-order valence-corrected chi connectivity index (χ3v) is 4.85. The van der Waals surface area contributed by atoms with E-state index in [0.29, 0.717) is 17.9 Å². The average molecular weight is 379 g/mol. The second-order valence-corrected chi connectivity index (χ2v) is 7.56. The lowest BCUT2D eigenvalue weighted by Crippen LogP contribution is -2.13. The molecule has 0 aliphatic rings. The Bertz CT molecular complexity index is 962. The van der Waals surface area contributed by atoms with Gasteiger partial charge in [0.15, 0.2) is 0 Å². The molecule has 2 aromatic carbocycles. The first-order valence-electron chi connectivity index (χ1n) is 8.68. The molecule has 0 bridgehead atoms. The monoisotopic (exact) mass is 379 g/mol. The summed E-state index contributed by atoms with van der Waals surface area (Å²) in [7, 11) is 0. The number of anilines is 1. The lowest BCUT2D eigenvalue weighted by Gasteiger charge is -2.07. The van der Waals surface area contributed by atoms with E-state index in [1.165, 1.54) is 11.3 Å². The van der Waals surface area contributed by atoms with Crippen LogP contribution in [0.4, 0.5) is 5.69 Å². The van der Waals surface area contributed by atoms with E-state index in [1.807, 2.05) is 49.6 Å². The second-order valence-electron chi connectivity index (χ2n) is 6.71. The average Bonchev–Trinajstić information content (AvgIpc) is 3.12. The molecule has 0 aliphatic heterocycles. The minimum Gasteiger partial charge on any atom is -0.366 e. The minimum absolute atomic E-state index is 0.0167. The van der Waals surface area contributed by atoms with Crippen molar-refractivity contribution in [1.82, 2.24) is 4.98 Å². The zero-order valence-corrected chi connectivity index (χ0v) is 16.0. The van der Waals surface area contributed by atoms with Crippen molar-refractivity contribution >= 4 is 28.8 Å². The summed E-state index contributed by atoms with van der Waals surface area (Å²) in [4.78, 5) is 27.9. The highest BCUT2D eigenvalue weighted by Crippen LogP contribution is 2.30. The normalized spacial score (nSPS) is 10.8. The SMILES string of the molecule is CC(C)CC(=O)Nc1ccc(-c2csc(-c3cccc(C(N)=O)c3)n2)cc1. The summed E-state index contributed by atoms with van der Waals surface area (Å²) in [6.45, 7) is 4.03. The topological polar surface area (TPSA) is 85.1 Å². The van der Waals surface area contributed by atoms with E-state index in [4.69, 9.17) is 5.73 Å². The number of carbonyl (C=O) groups excluding carboxylic acids is 2. The van der Waals surface area contributed by atoms with Crippen LogP contribution in [0, 0.1) is 5.92 Å². The number of nitrogens with zero attached hydrogens (tertiary/aromatic N) is 1. The first kappa shape index (κ1) is 18.8.